The van der Waals surface area contributed by atoms with Gasteiger partial charge in [0.2, 0.25) is 0 Å². The van der Waals surface area contributed by atoms with E-state index in [1.807, 2.05) is 20.8 Å². The van der Waals surface area contributed by atoms with E-state index < -0.39 is 15.6 Å². The summed E-state index contributed by atoms with van der Waals surface area (Å²) in [7, 11) is -3.49. The Morgan fingerprint density at radius 2 is 2.21 bits per heavy atom. The quantitative estimate of drug-likeness (QED) is 0.917. The van der Waals surface area contributed by atoms with Gasteiger partial charge in [-0.25, -0.2) is 8.42 Å². The molecule has 0 aliphatic carbocycles. The maximum atomic E-state index is 12.5. The summed E-state index contributed by atoms with van der Waals surface area (Å²) in [6, 6.07) is 3.20. The first-order chi connectivity index (χ1) is 8.74. The van der Waals surface area contributed by atoms with E-state index in [-0.39, 0.29) is 16.9 Å². The van der Waals surface area contributed by atoms with Crippen LogP contribution in [0.5, 0.6) is 0 Å². The van der Waals surface area contributed by atoms with Crippen molar-refractivity contribution in [2.75, 3.05) is 13.1 Å². The van der Waals surface area contributed by atoms with Gasteiger partial charge in [-0.15, -0.1) is 11.3 Å². The third-order valence-corrected chi connectivity index (χ3v) is 6.27. The van der Waals surface area contributed by atoms with Crippen molar-refractivity contribution in [2.45, 2.75) is 43.3 Å². The fraction of sp³-hybridized carbons (Fsp3) is 0.667. The van der Waals surface area contributed by atoms with Gasteiger partial charge in [-0.1, -0.05) is 0 Å². The average molecular weight is 305 g/mol. The summed E-state index contributed by atoms with van der Waals surface area (Å²) in [5.74, 6) is 0. The molecule has 2 rings (SSSR count). The third-order valence-electron chi connectivity index (χ3n) is 2.93. The van der Waals surface area contributed by atoms with Gasteiger partial charge in [0, 0.05) is 18.0 Å². The molecule has 1 fully saturated rings. The van der Waals surface area contributed by atoms with Crippen LogP contribution in [0, 0.1) is 0 Å². The monoisotopic (exact) mass is 305 g/mol. The fourth-order valence-electron chi connectivity index (χ4n) is 2.29. The smallest absolute Gasteiger partial charge is 0.252 e. The van der Waals surface area contributed by atoms with Crippen molar-refractivity contribution in [3.05, 3.63) is 17.0 Å². The van der Waals surface area contributed by atoms with Gasteiger partial charge in [-0.2, -0.15) is 4.31 Å². The molecule has 0 radical (unpaired) electrons. The summed E-state index contributed by atoms with van der Waals surface area (Å²) in [4.78, 5) is 0.652. The largest absolute Gasteiger partial charge is 0.391 e. The zero-order chi connectivity index (χ0) is 14.3. The Balaban J connectivity index is 2.28. The predicted molar refractivity (Wildman–Crippen MR) is 73.6 cm³/mol. The van der Waals surface area contributed by atoms with Gasteiger partial charge in [0.05, 0.1) is 18.3 Å². The number of ether oxygens (including phenoxy) is 1. The standard InChI is InChI=1S/C12H19NO4S2/c1-9-6-13(8-12(2,3)17-9)19(15,16)11-5-4-10(7-14)18-11/h4-5,9,14H,6-8H2,1-3H3. The highest BCUT2D eigenvalue weighted by Crippen LogP contribution is 2.29. The minimum Gasteiger partial charge on any atom is -0.391 e. The van der Waals surface area contributed by atoms with E-state index in [0.717, 1.165) is 11.3 Å². The second kappa shape index (κ2) is 5.14. The van der Waals surface area contributed by atoms with Crippen molar-refractivity contribution in [3.8, 4) is 0 Å². The molecule has 0 aromatic carbocycles. The van der Waals surface area contributed by atoms with Crippen LogP contribution >= 0.6 is 11.3 Å². The number of morpholine rings is 1. The molecule has 0 saturated carbocycles. The van der Waals surface area contributed by atoms with Gasteiger partial charge in [0.25, 0.3) is 10.0 Å². The second-order valence-corrected chi connectivity index (χ2v) is 8.70. The molecule has 1 aromatic heterocycles. The number of aliphatic hydroxyl groups is 1. The summed E-state index contributed by atoms with van der Waals surface area (Å²) in [5.41, 5.74) is -0.484. The van der Waals surface area contributed by atoms with E-state index in [0.29, 0.717) is 18.0 Å². The number of hydrogen-bond acceptors (Lipinski definition) is 5. The molecular weight excluding hydrogens is 286 g/mol. The molecule has 1 aliphatic heterocycles. The maximum absolute atomic E-state index is 12.5. The van der Waals surface area contributed by atoms with Crippen LogP contribution in [0.3, 0.4) is 0 Å². The van der Waals surface area contributed by atoms with Crippen molar-refractivity contribution in [3.63, 3.8) is 0 Å². The number of hydrogen-bond donors (Lipinski definition) is 1. The molecule has 1 atom stereocenters. The SMILES string of the molecule is CC1CN(S(=O)(=O)c2ccc(CO)s2)CC(C)(C)O1. The predicted octanol–water partition coefficient (Wildman–Crippen LogP) is 1.43. The van der Waals surface area contributed by atoms with E-state index in [1.54, 1.807) is 12.1 Å². The lowest BCUT2D eigenvalue weighted by molar-refractivity contribution is -0.109. The highest BCUT2D eigenvalue weighted by Gasteiger charge is 2.38. The van der Waals surface area contributed by atoms with Crippen molar-refractivity contribution < 1.29 is 18.3 Å². The van der Waals surface area contributed by atoms with Gasteiger partial charge in [0.1, 0.15) is 4.21 Å². The van der Waals surface area contributed by atoms with Gasteiger partial charge < -0.3 is 9.84 Å². The summed E-state index contributed by atoms with van der Waals surface area (Å²) in [5, 5.41) is 9.03. The van der Waals surface area contributed by atoms with E-state index >= 15 is 0 Å². The minimum absolute atomic E-state index is 0.129. The maximum Gasteiger partial charge on any atom is 0.252 e. The molecule has 19 heavy (non-hydrogen) atoms. The van der Waals surface area contributed by atoms with Crippen LogP contribution in [-0.2, 0) is 21.4 Å². The first-order valence-electron chi connectivity index (χ1n) is 6.12. The molecule has 108 valence electrons. The first kappa shape index (κ1) is 14.9. The molecule has 1 aliphatic rings. The normalized spacial score (nSPS) is 24.5. The highest BCUT2D eigenvalue weighted by atomic mass is 32.2. The number of aliphatic hydroxyl groups excluding tert-OH is 1. The molecule has 5 nitrogen and oxygen atoms in total. The fourth-order valence-corrected chi connectivity index (χ4v) is 5.32. The molecule has 7 heteroatoms. The van der Waals surface area contributed by atoms with Crippen LogP contribution in [0.15, 0.2) is 16.3 Å². The summed E-state index contributed by atoms with van der Waals surface area (Å²) in [6.07, 6.45) is -0.129. The van der Waals surface area contributed by atoms with Crippen LogP contribution < -0.4 is 0 Å². The van der Waals surface area contributed by atoms with Crippen LogP contribution in [-0.4, -0.2) is 42.6 Å². The lowest BCUT2D eigenvalue weighted by Crippen LogP contribution is -2.53. The van der Waals surface area contributed by atoms with E-state index in [1.165, 1.54) is 4.31 Å². The highest BCUT2D eigenvalue weighted by molar-refractivity contribution is 7.91. The summed E-state index contributed by atoms with van der Waals surface area (Å²) >= 11 is 1.11. The molecule has 2 heterocycles. The molecular formula is C12H19NO4S2. The molecule has 1 unspecified atom stereocenters. The lowest BCUT2D eigenvalue weighted by Gasteiger charge is -2.40. The van der Waals surface area contributed by atoms with Crippen LogP contribution in [0.4, 0.5) is 0 Å². The van der Waals surface area contributed by atoms with Gasteiger partial charge >= 0.3 is 0 Å². The number of nitrogens with zero attached hydrogens (tertiary/aromatic N) is 1. The number of rotatable bonds is 3. The van der Waals surface area contributed by atoms with Crippen LogP contribution in [0.1, 0.15) is 25.6 Å². The third kappa shape index (κ3) is 3.17. The Kier molecular flexibility index (Phi) is 4.04. The van der Waals surface area contributed by atoms with Crippen molar-refractivity contribution in [1.29, 1.82) is 0 Å². The molecule has 1 saturated heterocycles. The van der Waals surface area contributed by atoms with Crippen LogP contribution in [0.25, 0.3) is 0 Å². The number of sulfonamides is 1. The number of thiophene rings is 1. The molecule has 1 N–H and O–H groups in total. The van der Waals surface area contributed by atoms with Crippen molar-refractivity contribution in [2.24, 2.45) is 0 Å². The Morgan fingerprint density at radius 1 is 1.53 bits per heavy atom. The molecule has 0 spiro atoms. The van der Waals surface area contributed by atoms with E-state index in [4.69, 9.17) is 9.84 Å². The van der Waals surface area contributed by atoms with Gasteiger partial charge in [0.15, 0.2) is 0 Å². The zero-order valence-corrected chi connectivity index (χ0v) is 12.9. The second-order valence-electron chi connectivity index (χ2n) is 5.36. The minimum atomic E-state index is -3.49. The van der Waals surface area contributed by atoms with E-state index in [2.05, 4.69) is 0 Å². The molecule has 0 amide bonds. The topological polar surface area (TPSA) is 66.8 Å². The average Bonchev–Trinajstić information content (AvgIpc) is 2.75. The lowest BCUT2D eigenvalue weighted by atomic mass is 10.1. The van der Waals surface area contributed by atoms with Crippen LogP contribution in [0.2, 0.25) is 0 Å². The summed E-state index contributed by atoms with van der Waals surface area (Å²) in [6.45, 7) is 6.21. The molecule has 1 aromatic rings. The van der Waals surface area contributed by atoms with Gasteiger partial charge in [-0.3, -0.25) is 0 Å². The van der Waals surface area contributed by atoms with Crippen molar-refractivity contribution in [1.82, 2.24) is 4.31 Å². The van der Waals surface area contributed by atoms with Gasteiger partial charge in [-0.05, 0) is 32.9 Å². The Bertz CT molecular complexity index is 550. The van der Waals surface area contributed by atoms with E-state index in [9.17, 15) is 8.42 Å². The first-order valence-corrected chi connectivity index (χ1v) is 8.38. The Labute approximate surface area is 117 Å². The Morgan fingerprint density at radius 3 is 2.74 bits per heavy atom. The zero-order valence-electron chi connectivity index (χ0n) is 11.3. The summed E-state index contributed by atoms with van der Waals surface area (Å²) < 4.78 is 32.6. The van der Waals surface area contributed by atoms with Crippen molar-refractivity contribution >= 4 is 21.4 Å². The molecule has 0 bridgehead atoms. The Hall–Kier alpha value is -0.470.